The highest BCUT2D eigenvalue weighted by Crippen LogP contribution is 2.30. The lowest BCUT2D eigenvalue weighted by molar-refractivity contribution is 0.416. The summed E-state index contributed by atoms with van der Waals surface area (Å²) in [6, 6.07) is 9.66. The van der Waals surface area contributed by atoms with Gasteiger partial charge in [0.15, 0.2) is 0 Å². The average molecular weight is 305 g/mol. The second-order valence-corrected chi connectivity index (χ2v) is 5.66. The van der Waals surface area contributed by atoms with E-state index in [1.165, 1.54) is 12.8 Å². The molecule has 0 atom stereocenters. The fourth-order valence-electron chi connectivity index (χ4n) is 2.23. The summed E-state index contributed by atoms with van der Waals surface area (Å²) in [5.74, 6) is 0.680. The molecule has 0 aliphatic heterocycles. The molecule has 1 aromatic carbocycles. The number of aromatic amines is 1. The van der Waals surface area contributed by atoms with Gasteiger partial charge in [0.2, 0.25) is 0 Å². The van der Waals surface area contributed by atoms with Gasteiger partial charge in [-0.05, 0) is 37.1 Å². The number of rotatable bonds is 5. The molecule has 1 aliphatic rings. The fourth-order valence-corrected chi connectivity index (χ4v) is 2.40. The van der Waals surface area contributed by atoms with Gasteiger partial charge in [0.05, 0.1) is 12.8 Å². The van der Waals surface area contributed by atoms with Gasteiger partial charge >= 0.3 is 0 Å². The van der Waals surface area contributed by atoms with Crippen molar-refractivity contribution in [3.63, 3.8) is 0 Å². The van der Waals surface area contributed by atoms with Crippen molar-refractivity contribution in [2.24, 2.45) is 0 Å². The molecule has 0 bridgehead atoms. The highest BCUT2D eigenvalue weighted by atomic mass is 35.5. The highest BCUT2D eigenvalue weighted by molar-refractivity contribution is 6.30. The normalized spacial score (nSPS) is 14.2. The highest BCUT2D eigenvalue weighted by Gasteiger charge is 2.20. The van der Waals surface area contributed by atoms with Crippen LogP contribution in [0.4, 0.5) is 0 Å². The summed E-state index contributed by atoms with van der Waals surface area (Å²) in [5.41, 5.74) is 2.15. The van der Waals surface area contributed by atoms with E-state index in [0.29, 0.717) is 29.1 Å². The third-order valence-corrected chi connectivity index (χ3v) is 3.84. The van der Waals surface area contributed by atoms with Crippen LogP contribution in [0.3, 0.4) is 0 Å². The van der Waals surface area contributed by atoms with Crippen molar-refractivity contribution < 1.29 is 4.74 Å². The number of pyridine rings is 1. The maximum Gasteiger partial charge on any atom is 0.252 e. The summed E-state index contributed by atoms with van der Waals surface area (Å²) < 4.78 is 5.32. The van der Waals surface area contributed by atoms with Gasteiger partial charge in [0.25, 0.3) is 5.56 Å². The number of halogens is 1. The van der Waals surface area contributed by atoms with Gasteiger partial charge in [-0.25, -0.2) is 0 Å². The zero-order valence-electron chi connectivity index (χ0n) is 11.8. The molecule has 5 heteroatoms. The molecule has 21 heavy (non-hydrogen) atoms. The summed E-state index contributed by atoms with van der Waals surface area (Å²) >= 11 is 6.03. The number of ether oxygens (including phenoxy) is 1. The zero-order chi connectivity index (χ0) is 14.8. The Bertz CT molecular complexity index is 708. The van der Waals surface area contributed by atoms with Gasteiger partial charge in [-0.1, -0.05) is 17.7 Å². The van der Waals surface area contributed by atoms with Crippen LogP contribution in [0.5, 0.6) is 5.75 Å². The van der Waals surface area contributed by atoms with Crippen molar-refractivity contribution in [1.82, 2.24) is 10.3 Å². The average Bonchev–Trinajstić information content (AvgIpc) is 3.30. The Kier molecular flexibility index (Phi) is 3.99. The maximum atomic E-state index is 12.2. The third-order valence-electron chi connectivity index (χ3n) is 3.60. The first-order valence-corrected chi connectivity index (χ1v) is 7.34. The molecular formula is C16H17ClN2O2. The van der Waals surface area contributed by atoms with Gasteiger partial charge < -0.3 is 15.0 Å². The molecule has 0 radical (unpaired) electrons. The van der Waals surface area contributed by atoms with Gasteiger partial charge in [-0.3, -0.25) is 4.79 Å². The molecule has 0 amide bonds. The molecule has 2 aromatic rings. The molecule has 2 N–H and O–H groups in total. The third kappa shape index (κ3) is 3.28. The number of methoxy groups -OCH3 is 1. The topological polar surface area (TPSA) is 54.1 Å². The second-order valence-electron chi connectivity index (χ2n) is 5.23. The minimum atomic E-state index is -0.0809. The van der Waals surface area contributed by atoms with Crippen LogP contribution in [-0.2, 0) is 6.54 Å². The van der Waals surface area contributed by atoms with Crippen LogP contribution >= 0.6 is 11.6 Å². The Morgan fingerprint density at radius 2 is 2.14 bits per heavy atom. The molecular weight excluding hydrogens is 288 g/mol. The van der Waals surface area contributed by atoms with E-state index in [9.17, 15) is 4.79 Å². The molecule has 0 unspecified atom stereocenters. The van der Waals surface area contributed by atoms with Crippen LogP contribution in [0.25, 0.3) is 11.3 Å². The Hall–Kier alpha value is -1.78. The summed E-state index contributed by atoms with van der Waals surface area (Å²) in [5, 5.41) is 3.94. The second kappa shape index (κ2) is 5.92. The van der Waals surface area contributed by atoms with Crippen molar-refractivity contribution in [2.75, 3.05) is 7.11 Å². The van der Waals surface area contributed by atoms with E-state index >= 15 is 0 Å². The number of hydrogen-bond acceptors (Lipinski definition) is 3. The van der Waals surface area contributed by atoms with Crippen LogP contribution < -0.4 is 15.6 Å². The molecule has 1 fully saturated rings. The Labute approximate surface area is 128 Å². The van der Waals surface area contributed by atoms with Crippen LogP contribution in [0.2, 0.25) is 5.02 Å². The monoisotopic (exact) mass is 304 g/mol. The van der Waals surface area contributed by atoms with Crippen LogP contribution in [0, 0.1) is 0 Å². The van der Waals surface area contributed by atoms with Gasteiger partial charge in [-0.2, -0.15) is 0 Å². The predicted octanol–water partition coefficient (Wildman–Crippen LogP) is 2.96. The maximum absolute atomic E-state index is 12.2. The van der Waals surface area contributed by atoms with Crippen molar-refractivity contribution in [2.45, 2.75) is 25.4 Å². The Morgan fingerprint density at radius 3 is 2.81 bits per heavy atom. The number of benzene rings is 1. The minimum absolute atomic E-state index is 0.0809. The number of aromatic nitrogens is 1. The first-order chi connectivity index (χ1) is 10.2. The molecule has 1 saturated carbocycles. The standard InChI is InChI=1S/C16H17ClN2O2/c1-21-15-7-3-11(17)8-13(15)14-6-2-10(16(20)19-14)9-18-12-4-5-12/h2-3,6-8,12,18H,4-5,9H2,1H3,(H,19,20). The van der Waals surface area contributed by atoms with Crippen LogP contribution in [0.1, 0.15) is 18.4 Å². The van der Waals surface area contributed by atoms with E-state index < -0.39 is 0 Å². The van der Waals surface area contributed by atoms with E-state index in [4.69, 9.17) is 16.3 Å². The van der Waals surface area contributed by atoms with E-state index in [1.807, 2.05) is 12.1 Å². The van der Waals surface area contributed by atoms with Crippen LogP contribution in [-0.4, -0.2) is 18.1 Å². The molecule has 3 rings (SSSR count). The van der Waals surface area contributed by atoms with E-state index in [-0.39, 0.29) is 5.56 Å². The largest absolute Gasteiger partial charge is 0.496 e. The molecule has 0 saturated heterocycles. The smallest absolute Gasteiger partial charge is 0.252 e. The summed E-state index contributed by atoms with van der Waals surface area (Å²) in [6.07, 6.45) is 2.41. The SMILES string of the molecule is COc1ccc(Cl)cc1-c1ccc(CNC2CC2)c(=O)[nH]1. The Morgan fingerprint density at radius 1 is 1.33 bits per heavy atom. The Balaban J connectivity index is 1.90. The fraction of sp³-hybridized carbons (Fsp3) is 0.312. The molecule has 1 heterocycles. The van der Waals surface area contributed by atoms with E-state index in [2.05, 4.69) is 10.3 Å². The number of hydrogen-bond donors (Lipinski definition) is 2. The molecule has 110 valence electrons. The minimum Gasteiger partial charge on any atom is -0.496 e. The van der Waals surface area contributed by atoms with Crippen LogP contribution in [0.15, 0.2) is 35.1 Å². The lowest BCUT2D eigenvalue weighted by Gasteiger charge is -2.10. The number of nitrogens with one attached hydrogen (secondary N) is 2. The zero-order valence-corrected chi connectivity index (χ0v) is 12.5. The predicted molar refractivity (Wildman–Crippen MR) is 83.9 cm³/mol. The molecule has 1 aliphatic carbocycles. The van der Waals surface area contributed by atoms with Crippen molar-refractivity contribution in [1.29, 1.82) is 0 Å². The van der Waals surface area contributed by atoms with Gasteiger partial charge in [0.1, 0.15) is 5.75 Å². The summed E-state index contributed by atoms with van der Waals surface area (Å²) in [6.45, 7) is 0.604. The van der Waals surface area contributed by atoms with Gasteiger partial charge in [0, 0.05) is 28.7 Å². The van der Waals surface area contributed by atoms with Gasteiger partial charge in [-0.15, -0.1) is 0 Å². The lowest BCUT2D eigenvalue weighted by Crippen LogP contribution is -2.22. The molecule has 1 aromatic heterocycles. The summed E-state index contributed by atoms with van der Waals surface area (Å²) in [4.78, 5) is 15.1. The van der Waals surface area contributed by atoms with E-state index in [0.717, 1.165) is 11.1 Å². The number of H-pyrrole nitrogens is 1. The van der Waals surface area contributed by atoms with Crippen molar-refractivity contribution >= 4 is 11.6 Å². The van der Waals surface area contributed by atoms with E-state index in [1.54, 1.807) is 25.3 Å². The van der Waals surface area contributed by atoms with Crippen molar-refractivity contribution in [3.05, 3.63) is 51.3 Å². The van der Waals surface area contributed by atoms with Crippen molar-refractivity contribution in [3.8, 4) is 17.0 Å². The molecule has 0 spiro atoms. The first-order valence-electron chi connectivity index (χ1n) is 6.97. The molecule has 4 nitrogen and oxygen atoms in total. The lowest BCUT2D eigenvalue weighted by atomic mass is 10.1. The first kappa shape index (κ1) is 14.2. The summed E-state index contributed by atoms with van der Waals surface area (Å²) in [7, 11) is 1.60. The quantitative estimate of drug-likeness (QED) is 0.893.